The van der Waals surface area contributed by atoms with Gasteiger partial charge in [0.05, 0.1) is 11.6 Å². The molecular formula is C15H15N3. The summed E-state index contributed by atoms with van der Waals surface area (Å²) in [6.45, 7) is 2.12. The van der Waals surface area contributed by atoms with E-state index in [1.54, 1.807) is 0 Å². The zero-order valence-corrected chi connectivity index (χ0v) is 10.4. The van der Waals surface area contributed by atoms with Crippen molar-refractivity contribution in [3.05, 3.63) is 41.6 Å². The number of aromatic amines is 1. The molecule has 3 rings (SSSR count). The monoisotopic (exact) mass is 237 g/mol. The normalized spacial score (nSPS) is 16.6. The van der Waals surface area contributed by atoms with Gasteiger partial charge in [0.25, 0.3) is 0 Å². The van der Waals surface area contributed by atoms with Crippen molar-refractivity contribution in [1.82, 2.24) is 9.88 Å². The third kappa shape index (κ3) is 1.81. The van der Waals surface area contributed by atoms with Gasteiger partial charge in [-0.15, -0.1) is 0 Å². The zero-order chi connectivity index (χ0) is 12.5. The average Bonchev–Trinajstić information content (AvgIpc) is 2.82. The van der Waals surface area contributed by atoms with E-state index in [0.29, 0.717) is 5.56 Å². The zero-order valence-electron chi connectivity index (χ0n) is 10.4. The molecular weight excluding hydrogens is 222 g/mol. The van der Waals surface area contributed by atoms with Crippen LogP contribution in [0.15, 0.2) is 30.5 Å². The number of rotatable bonds is 1. The van der Waals surface area contributed by atoms with Gasteiger partial charge in [-0.1, -0.05) is 12.1 Å². The molecule has 0 saturated carbocycles. The quantitative estimate of drug-likeness (QED) is 0.828. The lowest BCUT2D eigenvalue weighted by molar-refractivity contribution is 0.370. The Morgan fingerprint density at radius 2 is 2.28 bits per heavy atom. The fourth-order valence-electron chi connectivity index (χ4n) is 2.48. The lowest BCUT2D eigenvalue weighted by Crippen LogP contribution is -2.23. The first kappa shape index (κ1) is 11.1. The Labute approximate surface area is 106 Å². The Morgan fingerprint density at radius 1 is 1.39 bits per heavy atom. The van der Waals surface area contributed by atoms with Gasteiger partial charge >= 0.3 is 0 Å². The molecule has 1 aromatic heterocycles. The highest BCUT2D eigenvalue weighted by Crippen LogP contribution is 2.29. The fourth-order valence-corrected chi connectivity index (χ4v) is 2.48. The van der Waals surface area contributed by atoms with Crippen molar-refractivity contribution in [3.8, 4) is 6.07 Å². The standard InChI is InChI=1S/C15H15N3/c1-18-6-4-12(5-7-18)14-10-17-15-8-11(9-16)2-3-13(14)15/h2-4,8,10,17H,5-7H2,1H3. The number of likely N-dealkylation sites (N-methyl/N-ethyl adjacent to an activating group) is 1. The Hall–Kier alpha value is -2.05. The van der Waals surface area contributed by atoms with Crippen LogP contribution in [0.1, 0.15) is 17.5 Å². The van der Waals surface area contributed by atoms with E-state index in [1.807, 2.05) is 18.2 Å². The number of nitrogens with one attached hydrogen (secondary N) is 1. The number of H-pyrrole nitrogens is 1. The fraction of sp³-hybridized carbons (Fsp3) is 0.267. The van der Waals surface area contributed by atoms with E-state index < -0.39 is 0 Å². The lowest BCUT2D eigenvalue weighted by Gasteiger charge is -2.21. The minimum absolute atomic E-state index is 0.702. The Kier molecular flexibility index (Phi) is 2.66. The van der Waals surface area contributed by atoms with Gasteiger partial charge in [0, 0.05) is 35.8 Å². The molecule has 2 aromatic rings. The highest BCUT2D eigenvalue weighted by atomic mass is 15.1. The molecule has 1 aromatic carbocycles. The van der Waals surface area contributed by atoms with E-state index in [9.17, 15) is 0 Å². The summed E-state index contributed by atoms with van der Waals surface area (Å²) in [5, 5.41) is 10.1. The summed E-state index contributed by atoms with van der Waals surface area (Å²) in [6.07, 6.45) is 5.44. The second kappa shape index (κ2) is 4.32. The summed E-state index contributed by atoms with van der Waals surface area (Å²) >= 11 is 0. The maximum absolute atomic E-state index is 8.90. The molecule has 90 valence electrons. The first-order chi connectivity index (χ1) is 8.78. The van der Waals surface area contributed by atoms with Crippen LogP contribution >= 0.6 is 0 Å². The van der Waals surface area contributed by atoms with Crippen molar-refractivity contribution in [2.75, 3.05) is 20.1 Å². The molecule has 1 aliphatic heterocycles. The number of hydrogen-bond acceptors (Lipinski definition) is 2. The number of hydrogen-bond donors (Lipinski definition) is 1. The van der Waals surface area contributed by atoms with Gasteiger partial charge in [-0.2, -0.15) is 5.26 Å². The van der Waals surface area contributed by atoms with Crippen LogP contribution in [0.2, 0.25) is 0 Å². The summed E-state index contributed by atoms with van der Waals surface area (Å²) in [7, 11) is 2.14. The summed E-state index contributed by atoms with van der Waals surface area (Å²) in [5.74, 6) is 0. The van der Waals surface area contributed by atoms with Crippen molar-refractivity contribution in [2.45, 2.75) is 6.42 Å². The van der Waals surface area contributed by atoms with Crippen molar-refractivity contribution >= 4 is 16.5 Å². The molecule has 0 unspecified atom stereocenters. The molecule has 1 aliphatic rings. The first-order valence-corrected chi connectivity index (χ1v) is 6.17. The first-order valence-electron chi connectivity index (χ1n) is 6.17. The van der Waals surface area contributed by atoms with Crippen LogP contribution in [-0.2, 0) is 0 Å². The van der Waals surface area contributed by atoms with Crippen LogP contribution < -0.4 is 0 Å². The third-order valence-corrected chi connectivity index (χ3v) is 3.57. The number of nitrogens with zero attached hydrogens (tertiary/aromatic N) is 2. The highest BCUT2D eigenvalue weighted by molar-refractivity contribution is 5.93. The van der Waals surface area contributed by atoms with Gasteiger partial charge in [-0.3, -0.25) is 0 Å². The van der Waals surface area contributed by atoms with Crippen LogP contribution in [0, 0.1) is 11.3 Å². The number of benzene rings is 1. The molecule has 1 N–H and O–H groups in total. The molecule has 3 nitrogen and oxygen atoms in total. The van der Waals surface area contributed by atoms with Gasteiger partial charge < -0.3 is 9.88 Å². The van der Waals surface area contributed by atoms with Crippen molar-refractivity contribution in [2.24, 2.45) is 0 Å². The van der Waals surface area contributed by atoms with Gasteiger partial charge in [-0.05, 0) is 31.2 Å². The highest BCUT2D eigenvalue weighted by Gasteiger charge is 2.13. The number of aromatic nitrogens is 1. The summed E-state index contributed by atoms with van der Waals surface area (Å²) < 4.78 is 0. The Morgan fingerprint density at radius 3 is 3.00 bits per heavy atom. The van der Waals surface area contributed by atoms with Gasteiger partial charge in [0.1, 0.15) is 0 Å². The predicted molar refractivity (Wildman–Crippen MR) is 73.1 cm³/mol. The smallest absolute Gasteiger partial charge is 0.0992 e. The molecule has 0 saturated heterocycles. The second-order valence-corrected chi connectivity index (χ2v) is 4.82. The minimum Gasteiger partial charge on any atom is -0.361 e. The molecule has 0 radical (unpaired) electrons. The minimum atomic E-state index is 0.702. The van der Waals surface area contributed by atoms with Crippen LogP contribution in [0.4, 0.5) is 0 Å². The van der Waals surface area contributed by atoms with Crippen LogP contribution in [0.3, 0.4) is 0 Å². The maximum Gasteiger partial charge on any atom is 0.0992 e. The van der Waals surface area contributed by atoms with Crippen molar-refractivity contribution in [3.63, 3.8) is 0 Å². The number of fused-ring (bicyclic) bond motifs is 1. The van der Waals surface area contributed by atoms with Crippen molar-refractivity contribution in [1.29, 1.82) is 5.26 Å². The molecule has 3 heteroatoms. The van der Waals surface area contributed by atoms with Gasteiger partial charge in [0.15, 0.2) is 0 Å². The van der Waals surface area contributed by atoms with E-state index in [2.05, 4.69) is 35.3 Å². The van der Waals surface area contributed by atoms with Crippen LogP contribution in [0.5, 0.6) is 0 Å². The number of nitriles is 1. The van der Waals surface area contributed by atoms with Crippen molar-refractivity contribution < 1.29 is 0 Å². The van der Waals surface area contributed by atoms with Gasteiger partial charge in [-0.25, -0.2) is 0 Å². The van der Waals surface area contributed by atoms with E-state index in [0.717, 1.165) is 25.0 Å². The van der Waals surface area contributed by atoms with E-state index in [4.69, 9.17) is 5.26 Å². The predicted octanol–water partition coefficient (Wildman–Crippen LogP) is 2.76. The van der Waals surface area contributed by atoms with E-state index >= 15 is 0 Å². The van der Waals surface area contributed by atoms with Gasteiger partial charge in [0.2, 0.25) is 0 Å². The average molecular weight is 237 g/mol. The van der Waals surface area contributed by atoms with E-state index in [1.165, 1.54) is 16.5 Å². The SMILES string of the molecule is CN1CC=C(c2c[nH]c3cc(C#N)ccc23)CC1. The molecule has 0 aliphatic carbocycles. The molecule has 2 heterocycles. The second-order valence-electron chi connectivity index (χ2n) is 4.82. The molecule has 0 atom stereocenters. The molecule has 0 fully saturated rings. The van der Waals surface area contributed by atoms with Crippen LogP contribution in [-0.4, -0.2) is 30.0 Å². The Bertz CT molecular complexity index is 658. The molecule has 18 heavy (non-hydrogen) atoms. The molecule has 0 amide bonds. The molecule has 0 spiro atoms. The summed E-state index contributed by atoms with van der Waals surface area (Å²) in [6, 6.07) is 8.01. The summed E-state index contributed by atoms with van der Waals surface area (Å²) in [4.78, 5) is 5.58. The van der Waals surface area contributed by atoms with E-state index in [-0.39, 0.29) is 0 Å². The summed E-state index contributed by atoms with van der Waals surface area (Å²) in [5.41, 5.74) is 4.43. The van der Waals surface area contributed by atoms with Crippen LogP contribution in [0.25, 0.3) is 16.5 Å². The third-order valence-electron chi connectivity index (χ3n) is 3.57. The molecule has 0 bridgehead atoms. The topological polar surface area (TPSA) is 42.8 Å². The lowest BCUT2D eigenvalue weighted by atomic mass is 9.99. The Balaban J connectivity index is 2.06. The maximum atomic E-state index is 8.90. The largest absolute Gasteiger partial charge is 0.361 e.